The summed E-state index contributed by atoms with van der Waals surface area (Å²) in [7, 11) is 0. The molecule has 0 bridgehead atoms. The van der Waals surface area contributed by atoms with Crippen molar-refractivity contribution in [1.29, 1.82) is 0 Å². The fraction of sp³-hybridized carbons (Fsp3) is 0.154. The maximum atomic E-state index is 10.6. The zero-order valence-corrected chi connectivity index (χ0v) is 11.2. The van der Waals surface area contributed by atoms with Crippen molar-refractivity contribution in [2.45, 2.75) is 6.42 Å². The van der Waals surface area contributed by atoms with Crippen LogP contribution in [0.5, 0.6) is 5.88 Å². The van der Waals surface area contributed by atoms with Crippen LogP contribution in [0.15, 0.2) is 53.1 Å². The third kappa shape index (κ3) is 4.10. The smallest absolute Gasteiger partial charge is 0.409 e. The minimum absolute atomic E-state index is 0.263. The van der Waals surface area contributed by atoms with Gasteiger partial charge in [0.05, 0.1) is 6.20 Å². The number of rotatable bonds is 4. The molecule has 20 heavy (non-hydrogen) atoms. The Labute approximate surface area is 120 Å². The van der Waals surface area contributed by atoms with Gasteiger partial charge in [-0.3, -0.25) is 10.3 Å². The zero-order chi connectivity index (χ0) is 14.4. The first kappa shape index (κ1) is 14.1. The van der Waals surface area contributed by atoms with Gasteiger partial charge in [-0.15, -0.1) is 0 Å². The average molecular weight is 294 g/mol. The molecular formula is C13H12ClN3O3. The molecule has 1 aliphatic rings. The minimum atomic E-state index is -1.11. The van der Waals surface area contributed by atoms with E-state index in [1.54, 1.807) is 24.4 Å². The molecule has 0 aliphatic heterocycles. The van der Waals surface area contributed by atoms with Crippen molar-refractivity contribution in [3.63, 3.8) is 0 Å². The molecule has 1 aromatic rings. The number of ether oxygens (including phenoxy) is 1. The van der Waals surface area contributed by atoms with Crippen LogP contribution in [0.2, 0.25) is 0 Å². The van der Waals surface area contributed by atoms with Gasteiger partial charge < -0.3 is 9.84 Å². The maximum Gasteiger partial charge on any atom is 0.409 e. The van der Waals surface area contributed by atoms with Crippen molar-refractivity contribution >= 4 is 17.7 Å². The van der Waals surface area contributed by atoms with E-state index in [1.807, 2.05) is 0 Å². The Kier molecular flexibility index (Phi) is 4.73. The number of aromatic nitrogens is 2. The van der Waals surface area contributed by atoms with Gasteiger partial charge in [-0.2, -0.15) is 0 Å². The molecular weight excluding hydrogens is 282 g/mol. The normalized spacial score (nSPS) is 14.6. The Hall–Kier alpha value is -2.34. The quantitative estimate of drug-likeness (QED) is 0.891. The highest BCUT2D eigenvalue weighted by atomic mass is 35.5. The highest BCUT2D eigenvalue weighted by Crippen LogP contribution is 2.21. The van der Waals surface area contributed by atoms with Crippen molar-refractivity contribution < 1.29 is 14.6 Å². The fourth-order valence-corrected chi connectivity index (χ4v) is 1.74. The van der Waals surface area contributed by atoms with E-state index in [4.69, 9.17) is 21.4 Å². The third-order valence-corrected chi connectivity index (χ3v) is 2.89. The van der Waals surface area contributed by atoms with Crippen LogP contribution in [0, 0.1) is 0 Å². The van der Waals surface area contributed by atoms with Crippen LogP contribution >= 0.6 is 11.6 Å². The standard InChI is InChI=1S/C13H12ClN3O3/c14-11-4-3-10(17-13(18)19)2-1-9(11)8-20-12-7-15-5-6-16-12/h2-7,17H,1,8H2,(H,18,19). The molecule has 104 valence electrons. The SMILES string of the molecule is O=C(O)NC1=CCC(COc2cnccn2)=C(Cl)C=C1. The molecule has 0 saturated heterocycles. The van der Waals surface area contributed by atoms with Crippen LogP contribution in [0.3, 0.4) is 0 Å². The third-order valence-electron chi connectivity index (χ3n) is 2.50. The number of amides is 1. The first-order valence-electron chi connectivity index (χ1n) is 5.79. The van der Waals surface area contributed by atoms with Crippen molar-refractivity contribution in [3.05, 3.63) is 53.1 Å². The van der Waals surface area contributed by atoms with Crippen molar-refractivity contribution in [2.24, 2.45) is 0 Å². The molecule has 0 atom stereocenters. The van der Waals surface area contributed by atoms with E-state index >= 15 is 0 Å². The van der Waals surface area contributed by atoms with Crippen molar-refractivity contribution in [3.8, 4) is 5.88 Å². The van der Waals surface area contributed by atoms with Gasteiger partial charge in [0.15, 0.2) is 0 Å². The summed E-state index contributed by atoms with van der Waals surface area (Å²) in [6.45, 7) is 0.263. The predicted octanol–water partition coefficient (Wildman–Crippen LogP) is 2.46. The molecule has 0 aromatic carbocycles. The number of nitrogens with one attached hydrogen (secondary N) is 1. The summed E-state index contributed by atoms with van der Waals surface area (Å²) in [5.41, 5.74) is 1.31. The van der Waals surface area contributed by atoms with E-state index in [0.29, 0.717) is 23.0 Å². The molecule has 2 rings (SSSR count). The zero-order valence-electron chi connectivity index (χ0n) is 10.4. The summed E-state index contributed by atoms with van der Waals surface area (Å²) in [6.07, 6.45) is 8.94. The van der Waals surface area contributed by atoms with Gasteiger partial charge in [-0.1, -0.05) is 17.7 Å². The van der Waals surface area contributed by atoms with Crippen LogP contribution < -0.4 is 10.1 Å². The van der Waals surface area contributed by atoms with Gasteiger partial charge in [-0.25, -0.2) is 9.78 Å². The molecule has 7 heteroatoms. The second kappa shape index (κ2) is 6.72. The topological polar surface area (TPSA) is 84.3 Å². The summed E-state index contributed by atoms with van der Waals surface area (Å²) in [5, 5.41) is 11.5. The first-order chi connectivity index (χ1) is 9.65. The molecule has 0 spiro atoms. The van der Waals surface area contributed by atoms with Crippen molar-refractivity contribution in [1.82, 2.24) is 15.3 Å². The summed E-state index contributed by atoms with van der Waals surface area (Å²) < 4.78 is 5.47. The molecule has 1 aliphatic carbocycles. The number of halogens is 1. The summed E-state index contributed by atoms with van der Waals surface area (Å²) >= 11 is 6.12. The Balaban J connectivity index is 2.00. The van der Waals surface area contributed by atoms with Crippen LogP contribution in [0.4, 0.5) is 4.79 Å². The molecule has 2 N–H and O–H groups in total. The van der Waals surface area contributed by atoms with Crippen molar-refractivity contribution in [2.75, 3.05) is 6.61 Å². The molecule has 0 radical (unpaired) electrons. The Morgan fingerprint density at radius 1 is 1.45 bits per heavy atom. The summed E-state index contributed by atoms with van der Waals surface area (Å²) in [6, 6.07) is 0. The molecule has 6 nitrogen and oxygen atoms in total. The lowest BCUT2D eigenvalue weighted by Crippen LogP contribution is -2.18. The molecule has 1 heterocycles. The first-order valence-corrected chi connectivity index (χ1v) is 6.17. The van der Waals surface area contributed by atoms with Crippen LogP contribution in [-0.4, -0.2) is 27.8 Å². The lowest BCUT2D eigenvalue weighted by molar-refractivity contribution is 0.198. The average Bonchev–Trinajstić information content (AvgIpc) is 2.60. The van der Waals surface area contributed by atoms with Gasteiger partial charge in [0.25, 0.3) is 0 Å². The van der Waals surface area contributed by atoms with E-state index in [2.05, 4.69) is 15.3 Å². The Morgan fingerprint density at radius 2 is 2.30 bits per heavy atom. The predicted molar refractivity (Wildman–Crippen MR) is 73.4 cm³/mol. The number of carbonyl (C=O) groups is 1. The van der Waals surface area contributed by atoms with Gasteiger partial charge in [0.2, 0.25) is 5.88 Å². The molecule has 0 saturated carbocycles. The second-order valence-electron chi connectivity index (χ2n) is 3.91. The largest absolute Gasteiger partial charge is 0.472 e. The highest BCUT2D eigenvalue weighted by Gasteiger charge is 2.09. The number of allylic oxidation sites excluding steroid dienone is 4. The van der Waals surface area contributed by atoms with E-state index in [9.17, 15) is 4.79 Å². The Bertz CT molecular complexity index is 582. The second-order valence-corrected chi connectivity index (χ2v) is 4.32. The number of carboxylic acid groups (broad SMARTS) is 1. The number of hydrogen-bond donors (Lipinski definition) is 2. The molecule has 0 unspecified atom stereocenters. The lowest BCUT2D eigenvalue weighted by Gasteiger charge is -2.07. The van der Waals surface area contributed by atoms with Crippen LogP contribution in [0.1, 0.15) is 6.42 Å². The molecule has 1 aromatic heterocycles. The Morgan fingerprint density at radius 3 is 3.00 bits per heavy atom. The van der Waals surface area contributed by atoms with Crippen LogP contribution in [0.25, 0.3) is 0 Å². The van der Waals surface area contributed by atoms with E-state index < -0.39 is 6.09 Å². The van der Waals surface area contributed by atoms with Gasteiger partial charge in [0.1, 0.15) is 6.61 Å². The fourth-order valence-electron chi connectivity index (χ4n) is 1.54. The minimum Gasteiger partial charge on any atom is -0.472 e. The highest BCUT2D eigenvalue weighted by molar-refractivity contribution is 6.31. The van der Waals surface area contributed by atoms with Crippen LogP contribution in [-0.2, 0) is 0 Å². The summed E-state index contributed by atoms with van der Waals surface area (Å²) in [4.78, 5) is 18.5. The van der Waals surface area contributed by atoms with Gasteiger partial charge in [0, 0.05) is 23.1 Å². The lowest BCUT2D eigenvalue weighted by atomic mass is 10.2. The van der Waals surface area contributed by atoms with Gasteiger partial charge >= 0.3 is 6.09 Å². The number of hydrogen-bond acceptors (Lipinski definition) is 4. The van der Waals surface area contributed by atoms with Gasteiger partial charge in [-0.05, 0) is 24.1 Å². The van der Waals surface area contributed by atoms with E-state index in [0.717, 1.165) is 5.57 Å². The monoisotopic (exact) mass is 293 g/mol. The molecule has 1 amide bonds. The molecule has 0 fully saturated rings. The van der Waals surface area contributed by atoms with E-state index in [1.165, 1.54) is 12.4 Å². The van der Waals surface area contributed by atoms with E-state index in [-0.39, 0.29) is 6.61 Å². The summed E-state index contributed by atoms with van der Waals surface area (Å²) in [5.74, 6) is 0.408. The number of nitrogens with zero attached hydrogens (tertiary/aromatic N) is 2. The maximum absolute atomic E-state index is 10.6.